The van der Waals surface area contributed by atoms with Crippen molar-refractivity contribution in [2.24, 2.45) is 0 Å². The van der Waals surface area contributed by atoms with Gasteiger partial charge in [-0.3, -0.25) is 9.59 Å². The molecule has 35 heavy (non-hydrogen) atoms. The highest BCUT2D eigenvalue weighted by Gasteiger charge is 2.38. The molecule has 0 spiro atoms. The third-order valence-electron chi connectivity index (χ3n) is 6.09. The van der Waals surface area contributed by atoms with Gasteiger partial charge in [0.05, 0.1) is 6.04 Å². The van der Waals surface area contributed by atoms with Gasteiger partial charge in [-0.05, 0) is 53.1 Å². The van der Waals surface area contributed by atoms with Crippen molar-refractivity contribution in [3.63, 3.8) is 0 Å². The Bertz CT molecular complexity index is 1250. The summed E-state index contributed by atoms with van der Waals surface area (Å²) in [6.07, 6.45) is -2.32. The van der Waals surface area contributed by atoms with Crippen molar-refractivity contribution in [3.05, 3.63) is 81.0 Å². The number of nitrogens with one attached hydrogen (secondary N) is 1. The largest absolute Gasteiger partial charge is 0.380 e. The summed E-state index contributed by atoms with van der Waals surface area (Å²) < 4.78 is 0. The molecule has 1 fully saturated rings. The molecule has 1 aliphatic rings. The van der Waals surface area contributed by atoms with Crippen molar-refractivity contribution in [3.8, 4) is 17.2 Å². The number of nitriles is 1. The first kappa shape index (κ1) is 24.9. The van der Waals surface area contributed by atoms with Gasteiger partial charge in [-0.15, -0.1) is 11.3 Å². The number of hydrogen-bond acceptors (Lipinski definition) is 6. The Kier molecular flexibility index (Phi) is 7.83. The van der Waals surface area contributed by atoms with Crippen LogP contribution in [0.25, 0.3) is 11.1 Å². The summed E-state index contributed by atoms with van der Waals surface area (Å²) in [5.41, 5.74) is 3.36. The van der Waals surface area contributed by atoms with Gasteiger partial charge in [0, 0.05) is 23.7 Å². The quantitative estimate of drug-likeness (QED) is 0.450. The number of carbonyl (C=O) groups is 2. The van der Waals surface area contributed by atoms with E-state index in [0.29, 0.717) is 22.9 Å². The SMILES string of the molecule is N#Cc1sccc1-c1ccc(CNC(=O)[C@H](O)[C@@H](O)C(=O)N2CCC[C@@H]2c2cccc(Cl)c2)cc1. The Morgan fingerprint density at radius 3 is 2.66 bits per heavy atom. The molecule has 9 heteroatoms. The molecule has 2 amide bonds. The lowest BCUT2D eigenvalue weighted by atomic mass is 10.0. The third-order valence-corrected chi connectivity index (χ3v) is 7.14. The molecule has 0 radical (unpaired) electrons. The predicted molar refractivity (Wildman–Crippen MR) is 133 cm³/mol. The van der Waals surface area contributed by atoms with Crippen LogP contribution in [0.15, 0.2) is 60.0 Å². The second-order valence-corrected chi connectivity index (χ2v) is 9.68. The molecule has 3 N–H and O–H groups in total. The van der Waals surface area contributed by atoms with Crippen LogP contribution in [0.5, 0.6) is 0 Å². The first-order valence-electron chi connectivity index (χ1n) is 11.2. The van der Waals surface area contributed by atoms with E-state index in [1.807, 2.05) is 41.8 Å². The molecule has 0 bridgehead atoms. The molecular formula is C26H24ClN3O4S. The summed E-state index contributed by atoms with van der Waals surface area (Å²) in [6, 6.07) is 18.3. The van der Waals surface area contributed by atoms with E-state index in [2.05, 4.69) is 11.4 Å². The van der Waals surface area contributed by atoms with Crippen LogP contribution in [0.1, 0.15) is 34.9 Å². The summed E-state index contributed by atoms with van der Waals surface area (Å²) in [7, 11) is 0. The second-order valence-electron chi connectivity index (χ2n) is 8.32. The fourth-order valence-electron chi connectivity index (χ4n) is 4.26. The van der Waals surface area contributed by atoms with E-state index >= 15 is 0 Å². The molecule has 180 valence electrons. The van der Waals surface area contributed by atoms with Gasteiger partial charge < -0.3 is 20.4 Å². The zero-order valence-electron chi connectivity index (χ0n) is 18.7. The Morgan fingerprint density at radius 1 is 1.17 bits per heavy atom. The number of thiophene rings is 1. The molecular weight excluding hydrogens is 486 g/mol. The molecule has 0 aliphatic carbocycles. The van der Waals surface area contributed by atoms with E-state index < -0.39 is 24.0 Å². The number of hydrogen-bond donors (Lipinski definition) is 3. The van der Waals surface area contributed by atoms with Crippen molar-refractivity contribution in [1.29, 1.82) is 5.26 Å². The third kappa shape index (κ3) is 5.55. The topological polar surface area (TPSA) is 114 Å². The lowest BCUT2D eigenvalue weighted by molar-refractivity contribution is -0.153. The smallest absolute Gasteiger partial charge is 0.255 e. The monoisotopic (exact) mass is 509 g/mol. The number of halogens is 1. The lowest BCUT2D eigenvalue weighted by Crippen LogP contribution is -2.50. The van der Waals surface area contributed by atoms with Gasteiger partial charge in [0.2, 0.25) is 0 Å². The van der Waals surface area contributed by atoms with Crippen LogP contribution in [0.2, 0.25) is 5.02 Å². The zero-order chi connectivity index (χ0) is 24.9. The maximum atomic E-state index is 12.9. The molecule has 1 saturated heterocycles. The highest BCUT2D eigenvalue weighted by atomic mass is 35.5. The van der Waals surface area contributed by atoms with Crippen LogP contribution in [0.3, 0.4) is 0 Å². The van der Waals surface area contributed by atoms with Crippen molar-refractivity contribution >= 4 is 34.8 Å². The summed E-state index contributed by atoms with van der Waals surface area (Å²) in [5, 5.41) is 35.0. The molecule has 2 heterocycles. The summed E-state index contributed by atoms with van der Waals surface area (Å²) in [6.45, 7) is 0.534. The number of aliphatic hydroxyl groups excluding tert-OH is 2. The fraction of sp³-hybridized carbons (Fsp3) is 0.269. The molecule has 0 unspecified atom stereocenters. The maximum absolute atomic E-state index is 12.9. The van der Waals surface area contributed by atoms with E-state index in [4.69, 9.17) is 11.6 Å². The Morgan fingerprint density at radius 2 is 1.94 bits per heavy atom. The molecule has 3 atom stereocenters. The summed E-state index contributed by atoms with van der Waals surface area (Å²) in [5.74, 6) is -1.53. The van der Waals surface area contributed by atoms with Gasteiger partial charge in [0.15, 0.2) is 12.2 Å². The van der Waals surface area contributed by atoms with E-state index in [1.54, 1.807) is 18.2 Å². The van der Waals surface area contributed by atoms with Crippen molar-refractivity contribution in [2.75, 3.05) is 6.54 Å². The Labute approximate surface area is 212 Å². The zero-order valence-corrected chi connectivity index (χ0v) is 20.3. The Hall–Kier alpha value is -3.22. The standard InChI is InChI=1S/C26H24ClN3O4S/c27-19-4-1-3-18(13-19)21-5-2-11-30(21)26(34)24(32)23(31)25(33)29-15-16-6-8-17(9-7-16)20-10-12-35-22(20)14-28/h1,3-4,6-10,12-13,21,23-24,31-32H,2,5,11,15H2,(H,29,33)/t21-,23-,24-/m1/s1. The molecule has 1 aromatic heterocycles. The van der Waals surface area contributed by atoms with E-state index in [-0.39, 0.29) is 12.6 Å². The summed E-state index contributed by atoms with van der Waals surface area (Å²) >= 11 is 7.45. The predicted octanol–water partition coefficient (Wildman–Crippen LogP) is 3.64. The first-order chi connectivity index (χ1) is 16.9. The van der Waals surface area contributed by atoms with Crippen LogP contribution in [0.4, 0.5) is 0 Å². The van der Waals surface area contributed by atoms with Gasteiger partial charge in [-0.2, -0.15) is 5.26 Å². The van der Waals surface area contributed by atoms with Gasteiger partial charge in [-0.1, -0.05) is 48.0 Å². The van der Waals surface area contributed by atoms with Crippen molar-refractivity contribution in [1.82, 2.24) is 10.2 Å². The van der Waals surface area contributed by atoms with Crippen LogP contribution in [-0.4, -0.2) is 45.7 Å². The average molecular weight is 510 g/mol. The molecule has 2 aromatic carbocycles. The Balaban J connectivity index is 1.35. The molecule has 1 aliphatic heterocycles. The minimum absolute atomic E-state index is 0.112. The average Bonchev–Trinajstić information content (AvgIpc) is 3.56. The highest BCUT2D eigenvalue weighted by molar-refractivity contribution is 7.11. The van der Waals surface area contributed by atoms with Crippen molar-refractivity contribution in [2.45, 2.75) is 37.6 Å². The number of amides is 2. The van der Waals surface area contributed by atoms with E-state index in [9.17, 15) is 25.1 Å². The minimum atomic E-state index is -1.90. The van der Waals surface area contributed by atoms with Crippen LogP contribution < -0.4 is 5.32 Å². The van der Waals surface area contributed by atoms with Gasteiger partial charge in [0.1, 0.15) is 10.9 Å². The number of nitrogens with zero attached hydrogens (tertiary/aromatic N) is 2. The number of likely N-dealkylation sites (tertiary alicyclic amines) is 1. The van der Waals surface area contributed by atoms with Crippen LogP contribution in [-0.2, 0) is 16.1 Å². The van der Waals surface area contributed by atoms with E-state index in [0.717, 1.165) is 28.7 Å². The minimum Gasteiger partial charge on any atom is -0.380 e. The molecule has 4 rings (SSSR count). The van der Waals surface area contributed by atoms with E-state index in [1.165, 1.54) is 16.2 Å². The van der Waals surface area contributed by atoms with Gasteiger partial charge in [-0.25, -0.2) is 0 Å². The van der Waals surface area contributed by atoms with Gasteiger partial charge >= 0.3 is 0 Å². The van der Waals surface area contributed by atoms with Crippen LogP contribution in [0, 0.1) is 11.3 Å². The highest BCUT2D eigenvalue weighted by Crippen LogP contribution is 2.33. The number of carbonyl (C=O) groups excluding carboxylic acids is 2. The lowest BCUT2D eigenvalue weighted by Gasteiger charge is -2.28. The molecule has 7 nitrogen and oxygen atoms in total. The van der Waals surface area contributed by atoms with Crippen molar-refractivity contribution < 1.29 is 19.8 Å². The number of benzene rings is 2. The first-order valence-corrected chi connectivity index (χ1v) is 12.4. The van der Waals surface area contributed by atoms with Gasteiger partial charge in [0.25, 0.3) is 11.8 Å². The number of rotatable bonds is 7. The second kappa shape index (κ2) is 11.0. The maximum Gasteiger partial charge on any atom is 0.255 e. The molecule has 3 aromatic rings. The fourth-order valence-corrected chi connectivity index (χ4v) is 5.16. The van der Waals surface area contributed by atoms with Crippen LogP contribution >= 0.6 is 22.9 Å². The normalized spacial score (nSPS) is 17.0. The number of aliphatic hydroxyl groups is 2. The molecule has 0 saturated carbocycles. The summed E-state index contributed by atoms with van der Waals surface area (Å²) in [4.78, 5) is 27.5.